The van der Waals surface area contributed by atoms with Crippen molar-refractivity contribution >= 4 is 54.7 Å². The number of rotatable bonds is 4. The van der Waals surface area contributed by atoms with Gasteiger partial charge in [-0.2, -0.15) is 4.39 Å². The Bertz CT molecular complexity index is 1280. The second-order valence-electron chi connectivity index (χ2n) is 10.4. The van der Waals surface area contributed by atoms with Gasteiger partial charge >= 0.3 is 0 Å². The minimum atomic E-state index is -1.13. The second-order valence-corrected chi connectivity index (χ2v) is 12.0. The van der Waals surface area contributed by atoms with Crippen LogP contribution in [-0.2, 0) is 10.8 Å². The Kier molecular flexibility index (Phi) is 7.82. The summed E-state index contributed by atoms with van der Waals surface area (Å²) in [6, 6.07) is 10.7. The van der Waals surface area contributed by atoms with Crippen LogP contribution in [0.1, 0.15) is 58.2 Å². The number of nitrogen functional groups attached to an aromatic ring is 1. The summed E-state index contributed by atoms with van der Waals surface area (Å²) in [5.41, 5.74) is 8.41. The van der Waals surface area contributed by atoms with Crippen molar-refractivity contribution in [2.75, 3.05) is 5.73 Å². The summed E-state index contributed by atoms with van der Waals surface area (Å²) in [5.74, 6) is -2.14. The normalized spacial score (nSPS) is 12.4. The predicted octanol–water partition coefficient (Wildman–Crippen LogP) is 7.50. The van der Waals surface area contributed by atoms with Crippen molar-refractivity contribution in [2.24, 2.45) is 4.99 Å². The third-order valence-corrected chi connectivity index (χ3v) is 7.22. The van der Waals surface area contributed by atoms with E-state index in [0.717, 1.165) is 11.1 Å². The monoisotopic (exact) mass is 610 g/mol. The van der Waals surface area contributed by atoms with Crippen LogP contribution >= 0.6 is 31.8 Å². The van der Waals surface area contributed by atoms with Crippen molar-refractivity contribution in [3.05, 3.63) is 68.3 Å². The number of nitrogens with zero attached hydrogens (tertiary/aromatic N) is 1. The highest BCUT2D eigenvalue weighted by Gasteiger charge is 2.25. The maximum absolute atomic E-state index is 14.7. The van der Waals surface area contributed by atoms with Crippen LogP contribution < -0.4 is 15.8 Å². The minimum Gasteiger partial charge on any atom is -0.507 e. The molecule has 0 spiro atoms. The zero-order valence-corrected chi connectivity index (χ0v) is 23.9. The Morgan fingerprint density at radius 1 is 1.03 bits per heavy atom. The predicted molar refractivity (Wildman–Crippen MR) is 152 cm³/mol. The summed E-state index contributed by atoms with van der Waals surface area (Å²) >= 11 is 1.83. The van der Waals surface area contributed by atoms with Gasteiger partial charge in [0, 0.05) is 22.6 Å². The average Bonchev–Trinajstić information content (AvgIpc) is 2.77. The van der Waals surface area contributed by atoms with E-state index < -0.39 is 11.6 Å². The van der Waals surface area contributed by atoms with Crippen LogP contribution in [0.5, 0.6) is 17.2 Å². The SMILES string of the molecule is CC(C)(C)c1cc(C=Nc2ccccc2Oc2c(F)c(F)c(P)c(N)c2I)c(O)c(C(C)(C)C)c1. The van der Waals surface area contributed by atoms with E-state index in [1.165, 1.54) is 0 Å². The lowest BCUT2D eigenvalue weighted by Gasteiger charge is -2.27. The van der Waals surface area contributed by atoms with E-state index in [1.54, 1.807) is 30.5 Å². The molecule has 186 valence electrons. The number of phenolic OH excluding ortho intramolecular Hbond substituents is 1. The Labute approximate surface area is 221 Å². The molecule has 1 unspecified atom stereocenters. The number of nitrogens with two attached hydrogens (primary N) is 1. The number of benzene rings is 3. The van der Waals surface area contributed by atoms with Crippen molar-refractivity contribution in [2.45, 2.75) is 52.4 Å². The molecule has 0 aliphatic rings. The van der Waals surface area contributed by atoms with Gasteiger partial charge in [0.1, 0.15) is 11.4 Å². The van der Waals surface area contributed by atoms with Gasteiger partial charge in [-0.15, -0.1) is 9.24 Å². The quantitative estimate of drug-likeness (QED) is 0.106. The van der Waals surface area contributed by atoms with E-state index >= 15 is 0 Å². The van der Waals surface area contributed by atoms with Gasteiger partial charge < -0.3 is 15.6 Å². The molecule has 0 saturated carbocycles. The van der Waals surface area contributed by atoms with Crippen molar-refractivity contribution < 1.29 is 18.6 Å². The Balaban J connectivity index is 2.09. The average molecular weight is 610 g/mol. The highest BCUT2D eigenvalue weighted by atomic mass is 127. The van der Waals surface area contributed by atoms with Crippen molar-refractivity contribution in [1.29, 1.82) is 0 Å². The molecule has 0 fully saturated rings. The van der Waals surface area contributed by atoms with E-state index in [1.807, 2.05) is 55.5 Å². The molecular formula is C27H30F2IN2O2P. The van der Waals surface area contributed by atoms with Crippen LogP contribution in [0.15, 0.2) is 41.4 Å². The standard InChI is InChI=1S/C27H30F2IN2O2P/c1-26(2,3)15-11-14(23(33)16(12-15)27(4,5)6)13-32-17-9-7-8-10-18(17)34-24-19(28)20(29)25(35)22(31)21(24)30/h7-13,33H,31,35H2,1-6H3. The molecule has 3 aromatic carbocycles. The summed E-state index contributed by atoms with van der Waals surface area (Å²) in [6.45, 7) is 12.4. The number of hydrogen-bond acceptors (Lipinski definition) is 4. The summed E-state index contributed by atoms with van der Waals surface area (Å²) in [6.07, 6.45) is 1.56. The van der Waals surface area contributed by atoms with Crippen LogP contribution in [-0.4, -0.2) is 11.3 Å². The molecule has 0 saturated heterocycles. The lowest BCUT2D eigenvalue weighted by molar-refractivity contribution is 0.416. The fourth-order valence-electron chi connectivity index (χ4n) is 3.42. The maximum Gasteiger partial charge on any atom is 0.203 e. The van der Waals surface area contributed by atoms with Gasteiger partial charge in [-0.1, -0.05) is 59.7 Å². The van der Waals surface area contributed by atoms with Gasteiger partial charge in [0.25, 0.3) is 0 Å². The summed E-state index contributed by atoms with van der Waals surface area (Å²) in [5, 5.41) is 11.0. The molecule has 0 aliphatic heterocycles. The van der Waals surface area contributed by atoms with E-state index in [0.29, 0.717) is 11.3 Å². The summed E-state index contributed by atoms with van der Waals surface area (Å²) in [7, 11) is 2.11. The molecule has 0 bridgehead atoms. The first-order valence-corrected chi connectivity index (χ1v) is 12.7. The highest BCUT2D eigenvalue weighted by Crippen LogP contribution is 2.40. The molecule has 1 atom stereocenters. The molecule has 3 aromatic rings. The molecule has 35 heavy (non-hydrogen) atoms. The van der Waals surface area contributed by atoms with Gasteiger partial charge in [0.15, 0.2) is 17.3 Å². The molecule has 3 rings (SSSR count). The Morgan fingerprint density at radius 3 is 2.26 bits per heavy atom. The molecule has 4 nitrogen and oxygen atoms in total. The summed E-state index contributed by atoms with van der Waals surface area (Å²) < 4.78 is 35.0. The molecule has 8 heteroatoms. The van der Waals surface area contributed by atoms with Crippen molar-refractivity contribution in [3.63, 3.8) is 0 Å². The first kappa shape index (κ1) is 27.3. The number of aromatic hydroxyl groups is 1. The summed E-state index contributed by atoms with van der Waals surface area (Å²) in [4.78, 5) is 4.54. The van der Waals surface area contributed by atoms with E-state index in [-0.39, 0.29) is 42.6 Å². The molecule has 3 N–H and O–H groups in total. The van der Waals surface area contributed by atoms with E-state index in [2.05, 4.69) is 35.0 Å². The topological polar surface area (TPSA) is 67.8 Å². The van der Waals surface area contributed by atoms with Crippen LogP contribution in [0.3, 0.4) is 0 Å². The van der Waals surface area contributed by atoms with Crippen LogP contribution in [0, 0.1) is 15.2 Å². The highest BCUT2D eigenvalue weighted by molar-refractivity contribution is 14.1. The first-order valence-electron chi connectivity index (χ1n) is 11.0. The molecular weight excluding hydrogens is 580 g/mol. The molecule has 0 radical (unpaired) electrons. The van der Waals surface area contributed by atoms with Gasteiger partial charge in [-0.25, -0.2) is 4.39 Å². The molecule has 0 amide bonds. The lowest BCUT2D eigenvalue weighted by atomic mass is 9.79. The van der Waals surface area contributed by atoms with Crippen molar-refractivity contribution in [1.82, 2.24) is 0 Å². The minimum absolute atomic E-state index is 0.0468. The number of aliphatic imine (C=N–C) groups is 1. The molecule has 0 heterocycles. The Hall–Kier alpha value is -2.25. The van der Waals surface area contributed by atoms with E-state index in [4.69, 9.17) is 10.5 Å². The molecule has 0 aromatic heterocycles. The first-order chi connectivity index (χ1) is 16.1. The van der Waals surface area contributed by atoms with Crippen LogP contribution in [0.4, 0.5) is 20.2 Å². The third kappa shape index (κ3) is 5.78. The number of hydrogen-bond donors (Lipinski definition) is 2. The van der Waals surface area contributed by atoms with Crippen LogP contribution in [0.2, 0.25) is 0 Å². The fraction of sp³-hybridized carbons (Fsp3) is 0.296. The zero-order chi connectivity index (χ0) is 26.3. The van der Waals surface area contributed by atoms with Gasteiger partial charge in [-0.05, 0) is 57.2 Å². The molecule has 0 aliphatic carbocycles. The van der Waals surface area contributed by atoms with Gasteiger partial charge in [-0.3, -0.25) is 4.99 Å². The Morgan fingerprint density at radius 2 is 1.66 bits per heavy atom. The van der Waals surface area contributed by atoms with Gasteiger partial charge in [0.05, 0.1) is 9.26 Å². The fourth-order valence-corrected chi connectivity index (χ4v) is 4.62. The third-order valence-electron chi connectivity index (χ3n) is 5.59. The van der Waals surface area contributed by atoms with E-state index in [9.17, 15) is 13.9 Å². The number of ether oxygens (including phenoxy) is 1. The smallest absolute Gasteiger partial charge is 0.203 e. The second kappa shape index (κ2) is 10.0. The number of phenols is 1. The lowest BCUT2D eigenvalue weighted by Crippen LogP contribution is -2.17. The largest absolute Gasteiger partial charge is 0.507 e. The van der Waals surface area contributed by atoms with Gasteiger partial charge in [0.2, 0.25) is 5.82 Å². The maximum atomic E-state index is 14.7. The van der Waals surface area contributed by atoms with Crippen molar-refractivity contribution in [3.8, 4) is 17.2 Å². The van der Waals surface area contributed by atoms with Crippen LogP contribution in [0.25, 0.3) is 0 Å². The number of halogens is 3. The zero-order valence-electron chi connectivity index (χ0n) is 20.6. The number of anilines is 1. The number of para-hydroxylation sites is 2.